The number of rotatable bonds is 32. The molecule has 9 atom stereocenters. The lowest BCUT2D eigenvalue weighted by Crippen LogP contribution is -2.57. The number of likely N-dealkylation sites (tertiary alicyclic amines) is 1. The van der Waals surface area contributed by atoms with Crippen LogP contribution in [0, 0.1) is 11.8 Å². The Bertz CT molecular complexity index is 1720. The van der Waals surface area contributed by atoms with Gasteiger partial charge in [-0.05, 0) is 76.7 Å². The Labute approximate surface area is 397 Å². The predicted octanol–water partition coefficient (Wildman–Crippen LogP) is -4.49. The Balaban J connectivity index is 1.87. The van der Waals surface area contributed by atoms with Crippen LogP contribution < -0.4 is 59.3 Å². The van der Waals surface area contributed by atoms with Gasteiger partial charge in [0.15, 0.2) is 0 Å². The summed E-state index contributed by atoms with van der Waals surface area (Å²) in [7, 11) is 0. The van der Waals surface area contributed by atoms with Crippen LogP contribution in [0.25, 0.3) is 0 Å². The summed E-state index contributed by atoms with van der Waals surface area (Å²) >= 11 is 0. The zero-order valence-corrected chi connectivity index (χ0v) is 40.0. The number of carboxylic acids is 1. The normalized spacial score (nSPS) is 19.4. The third-order valence-corrected chi connectivity index (χ3v) is 11.6. The third kappa shape index (κ3) is 21.6. The maximum absolute atomic E-state index is 13.5. The van der Waals surface area contributed by atoms with E-state index < -0.39 is 127 Å². The SMILES string of the molecule is CCC(C)[C@H](NC(=O)[C@H](CCC(N)=O)NC(=O)CNC(=O)[C@@H]1C[C@@H](O)CN1)C(=O)NCC(=O)N[C@H](COCN[C@@H](C)C(=O)NCC(=O)N1CCC[C@H]1C(=O)N[C@@H](CCCCN)C(=O)O)CC(C)C. The molecule has 1 unspecified atom stereocenters. The van der Waals surface area contributed by atoms with Crippen molar-refractivity contribution in [1.29, 1.82) is 0 Å². The van der Waals surface area contributed by atoms with Crippen molar-refractivity contribution in [3.63, 3.8) is 0 Å². The van der Waals surface area contributed by atoms with Gasteiger partial charge in [-0.2, -0.15) is 0 Å². The zero-order valence-electron chi connectivity index (χ0n) is 40.0. The Hall–Kier alpha value is -5.50. The van der Waals surface area contributed by atoms with Gasteiger partial charge in [-0.15, -0.1) is 0 Å². The average molecular weight is 969 g/mol. The average Bonchev–Trinajstić information content (AvgIpc) is 3.97. The van der Waals surface area contributed by atoms with E-state index in [-0.39, 0.29) is 64.6 Å². The van der Waals surface area contributed by atoms with Gasteiger partial charge in [0.05, 0.1) is 57.2 Å². The summed E-state index contributed by atoms with van der Waals surface area (Å²) in [5, 5.41) is 42.9. The molecule has 2 aliphatic rings. The van der Waals surface area contributed by atoms with Crippen LogP contribution in [0.2, 0.25) is 0 Å². The number of aliphatic hydroxyl groups is 1. The first-order valence-corrected chi connectivity index (χ1v) is 23.4. The minimum absolute atomic E-state index is 0.0279. The van der Waals surface area contributed by atoms with E-state index in [0.717, 1.165) is 0 Å². The second kappa shape index (κ2) is 30.8. The highest BCUT2D eigenvalue weighted by atomic mass is 16.5. The maximum Gasteiger partial charge on any atom is 0.326 e. The number of amides is 9. The number of nitrogens with one attached hydrogen (secondary N) is 9. The fraction of sp³-hybridized carbons (Fsp3) is 0.767. The Morgan fingerprint density at radius 1 is 0.809 bits per heavy atom. The molecular formula is C43H76N12O13. The number of hydrogen-bond acceptors (Lipinski definition) is 15. The van der Waals surface area contributed by atoms with E-state index in [0.29, 0.717) is 45.1 Å². The van der Waals surface area contributed by atoms with Gasteiger partial charge in [0.2, 0.25) is 53.2 Å². The lowest BCUT2D eigenvalue weighted by atomic mass is 9.97. The van der Waals surface area contributed by atoms with Crippen molar-refractivity contribution in [1.82, 2.24) is 52.8 Å². The molecule has 0 saturated carbocycles. The van der Waals surface area contributed by atoms with Crippen molar-refractivity contribution in [3.05, 3.63) is 0 Å². The van der Waals surface area contributed by atoms with Crippen LogP contribution in [-0.4, -0.2) is 175 Å². The van der Waals surface area contributed by atoms with Crippen LogP contribution in [0.5, 0.6) is 0 Å². The smallest absolute Gasteiger partial charge is 0.326 e. The van der Waals surface area contributed by atoms with Crippen LogP contribution in [0.1, 0.15) is 98.8 Å². The number of aliphatic carboxylic acids is 1. The molecule has 68 heavy (non-hydrogen) atoms. The topological polar surface area (TPSA) is 384 Å². The van der Waals surface area contributed by atoms with Gasteiger partial charge in [-0.25, -0.2) is 4.79 Å². The largest absolute Gasteiger partial charge is 0.480 e. The Morgan fingerprint density at radius 2 is 1.49 bits per heavy atom. The van der Waals surface area contributed by atoms with Crippen LogP contribution in [-0.2, 0) is 52.7 Å². The molecular weight excluding hydrogens is 893 g/mol. The number of aliphatic hydroxyl groups excluding tert-OH is 1. The molecule has 2 aliphatic heterocycles. The van der Waals surface area contributed by atoms with Crippen LogP contribution in [0.4, 0.5) is 0 Å². The van der Waals surface area contributed by atoms with Gasteiger partial charge in [-0.3, -0.25) is 48.5 Å². The number of primary amides is 1. The molecule has 0 aromatic rings. The van der Waals surface area contributed by atoms with E-state index in [1.54, 1.807) is 20.8 Å². The molecule has 386 valence electrons. The highest BCUT2D eigenvalue weighted by molar-refractivity contribution is 5.95. The molecule has 15 N–H and O–H groups in total. The fourth-order valence-electron chi connectivity index (χ4n) is 7.51. The van der Waals surface area contributed by atoms with E-state index in [2.05, 4.69) is 47.9 Å². The summed E-state index contributed by atoms with van der Waals surface area (Å²) in [6.07, 6.45) is 2.15. The Kier molecular flexibility index (Phi) is 26.5. The molecule has 0 spiro atoms. The highest BCUT2D eigenvalue weighted by Crippen LogP contribution is 2.18. The van der Waals surface area contributed by atoms with Crippen LogP contribution in [0.3, 0.4) is 0 Å². The quantitative estimate of drug-likeness (QED) is 0.0223. The first kappa shape index (κ1) is 58.6. The molecule has 2 fully saturated rings. The van der Waals surface area contributed by atoms with Gasteiger partial charge in [0.1, 0.15) is 24.2 Å². The summed E-state index contributed by atoms with van der Waals surface area (Å²) in [6, 6.07) is -6.42. The second-order valence-electron chi connectivity index (χ2n) is 17.8. The Morgan fingerprint density at radius 3 is 2.10 bits per heavy atom. The van der Waals surface area contributed by atoms with Gasteiger partial charge < -0.3 is 73.9 Å². The van der Waals surface area contributed by atoms with Crippen molar-refractivity contribution in [3.8, 4) is 0 Å². The number of ether oxygens (including phenoxy) is 1. The molecule has 25 heteroatoms. The summed E-state index contributed by atoms with van der Waals surface area (Å²) in [4.78, 5) is 129. The van der Waals surface area contributed by atoms with Crippen molar-refractivity contribution >= 4 is 59.1 Å². The number of unbranched alkanes of at least 4 members (excludes halogenated alkanes) is 1. The summed E-state index contributed by atoms with van der Waals surface area (Å²) < 4.78 is 5.74. The summed E-state index contributed by atoms with van der Waals surface area (Å²) in [6.45, 7) is 8.41. The zero-order chi connectivity index (χ0) is 50.9. The van der Waals surface area contributed by atoms with Gasteiger partial charge in [0.25, 0.3) is 0 Å². The second-order valence-corrected chi connectivity index (χ2v) is 17.8. The molecule has 0 radical (unpaired) electrons. The molecule has 0 aromatic heterocycles. The fourth-order valence-corrected chi connectivity index (χ4v) is 7.51. The van der Waals surface area contributed by atoms with E-state index in [9.17, 15) is 58.2 Å². The monoisotopic (exact) mass is 969 g/mol. The maximum atomic E-state index is 13.5. The number of carbonyl (C=O) groups is 10. The predicted molar refractivity (Wildman–Crippen MR) is 245 cm³/mol. The number of nitrogens with zero attached hydrogens (tertiary/aromatic N) is 1. The minimum Gasteiger partial charge on any atom is -0.480 e. The summed E-state index contributed by atoms with van der Waals surface area (Å²) in [5.74, 6) is -7.09. The third-order valence-electron chi connectivity index (χ3n) is 11.6. The molecule has 0 bridgehead atoms. The van der Waals surface area contributed by atoms with Crippen molar-refractivity contribution in [2.75, 3.05) is 52.6 Å². The van der Waals surface area contributed by atoms with Gasteiger partial charge >= 0.3 is 5.97 Å². The molecule has 0 aliphatic carbocycles. The van der Waals surface area contributed by atoms with Crippen molar-refractivity contribution in [2.24, 2.45) is 23.3 Å². The number of carboxylic acid groups (broad SMARTS) is 1. The van der Waals surface area contributed by atoms with Gasteiger partial charge in [-0.1, -0.05) is 34.1 Å². The lowest BCUT2D eigenvalue weighted by Gasteiger charge is -2.27. The van der Waals surface area contributed by atoms with E-state index in [4.69, 9.17) is 16.2 Å². The molecule has 2 saturated heterocycles. The van der Waals surface area contributed by atoms with Crippen LogP contribution >= 0.6 is 0 Å². The highest BCUT2D eigenvalue weighted by Gasteiger charge is 2.36. The standard InChI is InChI=1S/C43H76N12O13/c1-6-25(4)37(54-40(63)29(12-13-33(45)57)52-35(59)20-47-39(62)31-17-28(56)18-46-31)42(65)48-19-34(58)51-27(16-24(2)3)22-68-23-50-26(5)38(61)49-21-36(60)55-15-9-11-32(55)41(64)53-30(43(66)67)10-7-8-14-44/h24-32,37,46,50,56H,6-23,44H2,1-5H3,(H2,45,57)(H,47,62)(H,48,65)(H,49,61)(H,51,58)(H,52,59)(H,53,64)(H,54,63)(H,66,67)/t25?,26-,27-,28+,29-,30-,31-,32-,37-/m0/s1. The molecule has 25 nitrogen and oxygen atoms in total. The lowest BCUT2D eigenvalue weighted by molar-refractivity contribution is -0.144. The van der Waals surface area contributed by atoms with Gasteiger partial charge in [0, 0.05) is 19.5 Å². The molecule has 2 heterocycles. The first-order chi connectivity index (χ1) is 32.2. The van der Waals surface area contributed by atoms with Crippen molar-refractivity contribution < 1.29 is 62.9 Å². The minimum atomic E-state index is -1.30. The first-order valence-electron chi connectivity index (χ1n) is 23.4. The van der Waals surface area contributed by atoms with E-state index >= 15 is 0 Å². The van der Waals surface area contributed by atoms with Crippen LogP contribution in [0.15, 0.2) is 0 Å². The van der Waals surface area contributed by atoms with E-state index in [1.165, 1.54) is 4.90 Å². The number of carbonyl (C=O) groups excluding carboxylic acids is 9. The summed E-state index contributed by atoms with van der Waals surface area (Å²) in [5.41, 5.74) is 10.8. The molecule has 9 amide bonds. The van der Waals surface area contributed by atoms with Crippen molar-refractivity contribution in [2.45, 2.75) is 147 Å². The molecule has 0 aromatic carbocycles. The number of hydrogen-bond donors (Lipinski definition) is 13. The van der Waals surface area contributed by atoms with E-state index in [1.807, 2.05) is 13.8 Å². The number of nitrogens with two attached hydrogens (primary N) is 2. The number of β-amino-alcohol motifs (C(OH)–C–C–N with tert-alkyl or cyclic N) is 1. The molecule has 2 rings (SSSR count).